The van der Waals surface area contributed by atoms with E-state index in [1.165, 1.54) is 12.1 Å². The average Bonchev–Trinajstić information content (AvgIpc) is 2.91. The highest BCUT2D eigenvalue weighted by molar-refractivity contribution is 5.85. The minimum Gasteiger partial charge on any atom is -0.493 e. The fraction of sp³-hybridized carbons (Fsp3) is 0.355. The third-order valence-electron chi connectivity index (χ3n) is 6.13. The van der Waals surface area contributed by atoms with Crippen molar-refractivity contribution in [2.24, 2.45) is 0 Å². The Morgan fingerprint density at radius 1 is 1.10 bits per heavy atom. The zero-order chi connectivity index (χ0) is 28.4. The first-order valence-corrected chi connectivity index (χ1v) is 13.0. The van der Waals surface area contributed by atoms with E-state index in [-0.39, 0.29) is 37.8 Å². The Morgan fingerprint density at radius 3 is 2.41 bits per heavy atom. The fourth-order valence-electron chi connectivity index (χ4n) is 4.22. The molecule has 3 rings (SSSR count). The molecule has 8 heteroatoms. The third-order valence-corrected chi connectivity index (χ3v) is 6.13. The molecule has 7 nitrogen and oxygen atoms in total. The Balaban J connectivity index is 2.06. The molecular weight excluding hydrogens is 501 g/mol. The van der Waals surface area contributed by atoms with Crippen LogP contribution >= 0.6 is 0 Å². The second-order valence-corrected chi connectivity index (χ2v) is 9.42. The molecule has 0 amide bonds. The summed E-state index contributed by atoms with van der Waals surface area (Å²) in [5, 5.41) is 20.9. The van der Waals surface area contributed by atoms with Crippen molar-refractivity contribution < 1.29 is 33.6 Å². The van der Waals surface area contributed by atoms with E-state index in [1.54, 1.807) is 50.7 Å². The van der Waals surface area contributed by atoms with Gasteiger partial charge in [-0.3, -0.25) is 9.78 Å². The van der Waals surface area contributed by atoms with Crippen LogP contribution in [0.1, 0.15) is 56.2 Å². The van der Waals surface area contributed by atoms with Gasteiger partial charge in [0.1, 0.15) is 12.4 Å². The quantitative estimate of drug-likeness (QED) is 0.271. The van der Waals surface area contributed by atoms with Gasteiger partial charge in [0.2, 0.25) is 0 Å². The van der Waals surface area contributed by atoms with Crippen molar-refractivity contribution in [2.45, 2.75) is 58.3 Å². The molecule has 0 aliphatic carbocycles. The van der Waals surface area contributed by atoms with Crippen molar-refractivity contribution in [3.8, 4) is 22.6 Å². The van der Waals surface area contributed by atoms with Crippen LogP contribution < -0.4 is 9.47 Å². The molecule has 0 saturated carbocycles. The van der Waals surface area contributed by atoms with Crippen LogP contribution in [0.5, 0.6) is 11.5 Å². The lowest BCUT2D eigenvalue weighted by atomic mass is 9.88. The Morgan fingerprint density at radius 2 is 1.79 bits per heavy atom. The minimum absolute atomic E-state index is 0.0419. The summed E-state index contributed by atoms with van der Waals surface area (Å²) in [7, 11) is 1.57. The largest absolute Gasteiger partial charge is 0.493 e. The number of ether oxygens (including phenoxy) is 3. The molecule has 0 spiro atoms. The number of methoxy groups -OCH3 is 1. The Labute approximate surface area is 228 Å². The van der Waals surface area contributed by atoms with Gasteiger partial charge >= 0.3 is 5.97 Å². The first kappa shape index (κ1) is 29.8. The number of aliphatic hydroxyl groups is 2. The number of carbonyl (C=O) groups excluding carboxylic acids is 1. The molecule has 0 aliphatic heterocycles. The molecule has 0 aliphatic rings. The maximum atomic E-state index is 13.9. The summed E-state index contributed by atoms with van der Waals surface area (Å²) in [6, 6.07) is 11.7. The van der Waals surface area contributed by atoms with Gasteiger partial charge in [-0.2, -0.15) is 0 Å². The number of hydrogen-bond donors (Lipinski definition) is 2. The SMILES string of the molecule is CCOC(=O)CC(O)CC(O)/C=C/c1c(C(C)C)cc(OC)c(OCc2ccncc2)c1-c1ccc(F)cc1. The van der Waals surface area contributed by atoms with Crippen molar-refractivity contribution in [3.05, 3.63) is 83.4 Å². The smallest absolute Gasteiger partial charge is 0.308 e. The monoisotopic (exact) mass is 537 g/mol. The van der Waals surface area contributed by atoms with E-state index in [9.17, 15) is 19.4 Å². The lowest BCUT2D eigenvalue weighted by molar-refractivity contribution is -0.145. The second-order valence-electron chi connectivity index (χ2n) is 9.42. The van der Waals surface area contributed by atoms with Gasteiger partial charge in [0, 0.05) is 24.4 Å². The van der Waals surface area contributed by atoms with E-state index < -0.39 is 18.2 Å². The molecule has 0 saturated heterocycles. The number of rotatable bonds is 13. The van der Waals surface area contributed by atoms with Gasteiger partial charge in [-0.1, -0.05) is 38.1 Å². The van der Waals surface area contributed by atoms with E-state index in [1.807, 2.05) is 32.0 Å². The highest BCUT2D eigenvalue weighted by Crippen LogP contribution is 2.45. The van der Waals surface area contributed by atoms with Crippen LogP contribution in [0.3, 0.4) is 0 Å². The normalized spacial score (nSPS) is 12.9. The zero-order valence-electron chi connectivity index (χ0n) is 22.8. The summed E-state index contributed by atoms with van der Waals surface area (Å²) in [6.07, 6.45) is 4.39. The molecule has 39 heavy (non-hydrogen) atoms. The highest BCUT2D eigenvalue weighted by atomic mass is 19.1. The van der Waals surface area contributed by atoms with E-state index in [2.05, 4.69) is 4.98 Å². The second kappa shape index (κ2) is 14.4. The van der Waals surface area contributed by atoms with Crippen LogP contribution in [-0.4, -0.2) is 47.1 Å². The number of carbonyl (C=O) groups is 1. The van der Waals surface area contributed by atoms with E-state index in [4.69, 9.17) is 14.2 Å². The number of esters is 1. The Bertz CT molecular complexity index is 1240. The van der Waals surface area contributed by atoms with Gasteiger partial charge in [0.25, 0.3) is 0 Å². The number of nitrogens with zero attached hydrogens (tertiary/aromatic N) is 1. The van der Waals surface area contributed by atoms with Gasteiger partial charge in [0.15, 0.2) is 11.5 Å². The molecule has 2 unspecified atom stereocenters. The molecule has 1 heterocycles. The van der Waals surface area contributed by atoms with E-state index >= 15 is 0 Å². The van der Waals surface area contributed by atoms with Crippen molar-refractivity contribution in [1.82, 2.24) is 4.98 Å². The van der Waals surface area contributed by atoms with Gasteiger partial charge in [-0.05, 0) is 65.4 Å². The van der Waals surface area contributed by atoms with Crippen LogP contribution in [0.4, 0.5) is 4.39 Å². The van der Waals surface area contributed by atoms with E-state index in [0.717, 1.165) is 16.7 Å². The Kier molecular flexibility index (Phi) is 11.0. The summed E-state index contributed by atoms with van der Waals surface area (Å²) in [6.45, 7) is 6.24. The number of aliphatic hydroxyl groups excluding tert-OH is 2. The van der Waals surface area contributed by atoms with Crippen molar-refractivity contribution in [1.29, 1.82) is 0 Å². The lowest BCUT2D eigenvalue weighted by Gasteiger charge is -2.23. The molecule has 2 N–H and O–H groups in total. The number of pyridine rings is 1. The maximum Gasteiger partial charge on any atom is 0.308 e. The number of hydrogen-bond acceptors (Lipinski definition) is 7. The predicted octanol–water partition coefficient (Wildman–Crippen LogP) is 5.68. The van der Waals surface area contributed by atoms with Crippen LogP contribution in [-0.2, 0) is 16.1 Å². The number of halogens is 1. The molecule has 2 aromatic carbocycles. The molecule has 1 aromatic heterocycles. The standard InChI is InChI=1S/C31H36FNO6/c1-5-38-29(36)17-25(35)16-24(34)10-11-26-27(20(2)3)18-28(37-4)31(39-19-21-12-14-33-15-13-21)30(26)22-6-8-23(32)9-7-22/h6-15,18,20,24-25,34-35H,5,16-17,19H2,1-4H3/b11-10+. The van der Waals surface area contributed by atoms with Gasteiger partial charge in [0.05, 0.1) is 32.3 Å². The number of aromatic nitrogens is 1. The lowest BCUT2D eigenvalue weighted by Crippen LogP contribution is -2.20. The van der Waals surface area contributed by atoms with Gasteiger partial charge in [-0.15, -0.1) is 0 Å². The first-order chi connectivity index (χ1) is 18.7. The summed E-state index contributed by atoms with van der Waals surface area (Å²) in [5.74, 6) is 0.177. The van der Waals surface area contributed by atoms with Gasteiger partial charge in [-0.25, -0.2) is 4.39 Å². The predicted molar refractivity (Wildman–Crippen MR) is 148 cm³/mol. The molecule has 2 atom stereocenters. The summed E-state index contributed by atoms with van der Waals surface area (Å²) >= 11 is 0. The van der Waals surface area contributed by atoms with Crippen LogP contribution in [0, 0.1) is 5.82 Å². The third kappa shape index (κ3) is 8.37. The van der Waals surface area contributed by atoms with Crippen LogP contribution in [0.2, 0.25) is 0 Å². The Hall–Kier alpha value is -3.75. The first-order valence-electron chi connectivity index (χ1n) is 13.0. The average molecular weight is 538 g/mol. The molecule has 0 bridgehead atoms. The summed E-state index contributed by atoms with van der Waals surface area (Å²) in [5.41, 5.74) is 3.99. The molecule has 3 aromatic rings. The molecule has 0 radical (unpaired) electrons. The molecular formula is C31H36FNO6. The van der Waals surface area contributed by atoms with Crippen molar-refractivity contribution in [2.75, 3.05) is 13.7 Å². The minimum atomic E-state index is -1.06. The van der Waals surface area contributed by atoms with Crippen LogP contribution in [0.25, 0.3) is 17.2 Å². The fourth-order valence-corrected chi connectivity index (χ4v) is 4.22. The van der Waals surface area contributed by atoms with Gasteiger partial charge < -0.3 is 24.4 Å². The molecule has 0 fully saturated rings. The topological polar surface area (TPSA) is 98.1 Å². The highest BCUT2D eigenvalue weighted by Gasteiger charge is 2.23. The maximum absolute atomic E-state index is 13.9. The van der Waals surface area contributed by atoms with E-state index in [0.29, 0.717) is 22.6 Å². The zero-order valence-corrected chi connectivity index (χ0v) is 22.8. The summed E-state index contributed by atoms with van der Waals surface area (Å²) in [4.78, 5) is 15.7. The number of benzene rings is 2. The van der Waals surface area contributed by atoms with Crippen LogP contribution in [0.15, 0.2) is 60.9 Å². The summed E-state index contributed by atoms with van der Waals surface area (Å²) < 4.78 is 30.8. The molecule has 208 valence electrons. The van der Waals surface area contributed by atoms with Crippen molar-refractivity contribution in [3.63, 3.8) is 0 Å². The van der Waals surface area contributed by atoms with Crippen molar-refractivity contribution >= 4 is 12.0 Å².